The SMILES string of the molecule is CC(c1ccc(F)cc1F)N1CCN(C(=O)c2ccccc2N)CC1.Cl.Cl. The van der Waals surface area contributed by atoms with Gasteiger partial charge in [0.15, 0.2) is 0 Å². The summed E-state index contributed by atoms with van der Waals surface area (Å²) in [5.74, 6) is -1.20. The molecule has 2 N–H and O–H groups in total. The molecule has 0 aliphatic carbocycles. The van der Waals surface area contributed by atoms with Gasteiger partial charge in [-0.05, 0) is 25.1 Å². The van der Waals surface area contributed by atoms with E-state index in [2.05, 4.69) is 4.90 Å². The quantitative estimate of drug-likeness (QED) is 0.770. The van der Waals surface area contributed by atoms with Gasteiger partial charge in [0, 0.05) is 49.5 Å². The average molecular weight is 418 g/mol. The molecule has 1 atom stereocenters. The Kier molecular flexibility index (Phi) is 8.47. The van der Waals surface area contributed by atoms with Gasteiger partial charge in [-0.25, -0.2) is 8.78 Å². The minimum atomic E-state index is -0.579. The van der Waals surface area contributed by atoms with E-state index < -0.39 is 11.6 Å². The summed E-state index contributed by atoms with van der Waals surface area (Å²) in [6.07, 6.45) is 0. The van der Waals surface area contributed by atoms with Crippen LogP contribution in [0.5, 0.6) is 0 Å². The predicted octanol–water partition coefficient (Wildman–Crippen LogP) is 3.91. The molecule has 1 aliphatic heterocycles. The molecule has 1 heterocycles. The Bertz CT molecular complexity index is 783. The topological polar surface area (TPSA) is 49.6 Å². The molecule has 8 heteroatoms. The van der Waals surface area contributed by atoms with Crippen molar-refractivity contribution in [3.05, 3.63) is 65.2 Å². The van der Waals surface area contributed by atoms with Gasteiger partial charge in [0.05, 0.1) is 5.56 Å². The van der Waals surface area contributed by atoms with Crippen molar-refractivity contribution in [3.63, 3.8) is 0 Å². The van der Waals surface area contributed by atoms with E-state index in [4.69, 9.17) is 5.73 Å². The van der Waals surface area contributed by atoms with Crippen LogP contribution < -0.4 is 5.73 Å². The number of carbonyl (C=O) groups is 1. The summed E-state index contributed by atoms with van der Waals surface area (Å²) in [5.41, 5.74) is 7.32. The van der Waals surface area contributed by atoms with Crippen molar-refractivity contribution >= 4 is 36.4 Å². The zero-order valence-electron chi connectivity index (χ0n) is 14.9. The second-order valence-corrected chi connectivity index (χ2v) is 6.26. The number of hydrogen-bond donors (Lipinski definition) is 1. The van der Waals surface area contributed by atoms with Crippen molar-refractivity contribution in [2.45, 2.75) is 13.0 Å². The highest BCUT2D eigenvalue weighted by molar-refractivity contribution is 5.99. The lowest BCUT2D eigenvalue weighted by Crippen LogP contribution is -2.49. The molecule has 0 spiro atoms. The Morgan fingerprint density at radius 3 is 2.26 bits per heavy atom. The number of benzene rings is 2. The van der Waals surface area contributed by atoms with Gasteiger partial charge < -0.3 is 10.6 Å². The maximum Gasteiger partial charge on any atom is 0.256 e. The maximum absolute atomic E-state index is 14.0. The molecule has 1 aliphatic rings. The van der Waals surface area contributed by atoms with E-state index in [0.717, 1.165) is 6.07 Å². The number of nitrogens with zero attached hydrogens (tertiary/aromatic N) is 2. The first-order chi connectivity index (χ1) is 12.0. The van der Waals surface area contributed by atoms with Crippen molar-refractivity contribution in [1.29, 1.82) is 0 Å². The van der Waals surface area contributed by atoms with Gasteiger partial charge in [0.2, 0.25) is 0 Å². The number of carbonyl (C=O) groups excluding carboxylic acids is 1. The zero-order valence-corrected chi connectivity index (χ0v) is 16.5. The summed E-state index contributed by atoms with van der Waals surface area (Å²) in [6, 6.07) is 10.5. The van der Waals surface area contributed by atoms with E-state index in [0.29, 0.717) is 43.0 Å². The lowest BCUT2D eigenvalue weighted by molar-refractivity contribution is 0.0580. The molecule has 1 unspecified atom stereocenters. The van der Waals surface area contributed by atoms with E-state index in [1.54, 1.807) is 29.2 Å². The number of halogens is 4. The van der Waals surface area contributed by atoms with Crippen LogP contribution in [0.2, 0.25) is 0 Å². The largest absolute Gasteiger partial charge is 0.398 e. The minimum Gasteiger partial charge on any atom is -0.398 e. The van der Waals surface area contributed by atoms with Crippen LogP contribution in [0.15, 0.2) is 42.5 Å². The number of hydrogen-bond acceptors (Lipinski definition) is 3. The third-order valence-corrected chi connectivity index (χ3v) is 4.75. The van der Waals surface area contributed by atoms with E-state index in [1.165, 1.54) is 12.1 Å². The number of nitrogen functional groups attached to an aromatic ring is 1. The number of piperazine rings is 1. The molecule has 1 amide bonds. The minimum absolute atomic E-state index is 0. The molecule has 2 aromatic rings. The molecule has 0 saturated carbocycles. The highest BCUT2D eigenvalue weighted by Gasteiger charge is 2.27. The third kappa shape index (κ3) is 5.09. The highest BCUT2D eigenvalue weighted by Crippen LogP contribution is 2.25. The van der Waals surface area contributed by atoms with E-state index in [9.17, 15) is 13.6 Å². The smallest absolute Gasteiger partial charge is 0.256 e. The Balaban J connectivity index is 0.00000182. The first kappa shape index (κ1) is 23.1. The summed E-state index contributed by atoms with van der Waals surface area (Å²) in [6.45, 7) is 4.22. The second-order valence-electron chi connectivity index (χ2n) is 6.26. The molecular weight excluding hydrogens is 395 g/mol. The van der Waals surface area contributed by atoms with Crippen LogP contribution in [-0.4, -0.2) is 41.9 Å². The Labute approximate surface area is 170 Å². The average Bonchev–Trinajstić information content (AvgIpc) is 2.61. The first-order valence-corrected chi connectivity index (χ1v) is 8.30. The van der Waals surface area contributed by atoms with Gasteiger partial charge in [-0.3, -0.25) is 9.69 Å². The van der Waals surface area contributed by atoms with Crippen LogP contribution in [0.3, 0.4) is 0 Å². The molecule has 1 fully saturated rings. The molecule has 0 aromatic heterocycles. The summed E-state index contributed by atoms with van der Waals surface area (Å²) in [7, 11) is 0. The number of amides is 1. The summed E-state index contributed by atoms with van der Waals surface area (Å²) >= 11 is 0. The van der Waals surface area contributed by atoms with Gasteiger partial charge in [-0.2, -0.15) is 0 Å². The summed E-state index contributed by atoms with van der Waals surface area (Å²) in [5, 5.41) is 0. The van der Waals surface area contributed by atoms with E-state index in [1.807, 2.05) is 6.92 Å². The van der Waals surface area contributed by atoms with Crippen molar-refractivity contribution in [2.75, 3.05) is 31.9 Å². The number of anilines is 1. The van der Waals surface area contributed by atoms with Gasteiger partial charge in [-0.1, -0.05) is 18.2 Å². The van der Waals surface area contributed by atoms with Gasteiger partial charge >= 0.3 is 0 Å². The molecule has 3 rings (SSSR count). The van der Waals surface area contributed by atoms with Gasteiger partial charge in [0.1, 0.15) is 11.6 Å². The molecular formula is C19H23Cl2F2N3O. The Morgan fingerprint density at radius 1 is 1.04 bits per heavy atom. The first-order valence-electron chi connectivity index (χ1n) is 8.30. The van der Waals surface area contributed by atoms with Crippen molar-refractivity contribution in [3.8, 4) is 0 Å². The molecule has 0 bridgehead atoms. The van der Waals surface area contributed by atoms with Crippen molar-refractivity contribution in [2.24, 2.45) is 0 Å². The molecule has 4 nitrogen and oxygen atoms in total. The fraction of sp³-hybridized carbons (Fsp3) is 0.316. The van der Waals surface area contributed by atoms with Crippen LogP contribution in [0.4, 0.5) is 14.5 Å². The normalized spacial score (nSPS) is 15.4. The Hall–Kier alpha value is -1.89. The standard InChI is InChI=1S/C19H21F2N3O.2ClH/c1-13(15-7-6-14(20)12-17(15)21)23-8-10-24(11-9-23)19(25)16-4-2-3-5-18(16)22;;/h2-7,12-13H,8-11,22H2,1H3;2*1H. The number of rotatable bonds is 3. The predicted molar refractivity (Wildman–Crippen MR) is 108 cm³/mol. The molecule has 0 radical (unpaired) electrons. The van der Waals surface area contributed by atoms with Crippen LogP contribution in [-0.2, 0) is 0 Å². The second kappa shape index (κ2) is 9.88. The molecule has 148 valence electrons. The lowest BCUT2D eigenvalue weighted by atomic mass is 10.0. The third-order valence-electron chi connectivity index (χ3n) is 4.75. The fourth-order valence-electron chi connectivity index (χ4n) is 3.21. The van der Waals surface area contributed by atoms with E-state index >= 15 is 0 Å². The van der Waals surface area contributed by atoms with Crippen LogP contribution in [0, 0.1) is 11.6 Å². The van der Waals surface area contributed by atoms with Gasteiger partial charge in [-0.15, -0.1) is 24.8 Å². The molecule has 27 heavy (non-hydrogen) atoms. The molecule has 1 saturated heterocycles. The van der Waals surface area contributed by atoms with Crippen molar-refractivity contribution in [1.82, 2.24) is 9.80 Å². The van der Waals surface area contributed by atoms with Crippen molar-refractivity contribution < 1.29 is 13.6 Å². The van der Waals surface area contributed by atoms with Crippen LogP contribution in [0.25, 0.3) is 0 Å². The fourth-order valence-corrected chi connectivity index (χ4v) is 3.21. The van der Waals surface area contributed by atoms with Gasteiger partial charge in [0.25, 0.3) is 5.91 Å². The monoisotopic (exact) mass is 417 g/mol. The molecule has 2 aromatic carbocycles. The highest BCUT2D eigenvalue weighted by atomic mass is 35.5. The number of para-hydroxylation sites is 1. The Morgan fingerprint density at radius 2 is 1.67 bits per heavy atom. The van der Waals surface area contributed by atoms with Crippen LogP contribution in [0.1, 0.15) is 28.9 Å². The lowest BCUT2D eigenvalue weighted by Gasteiger charge is -2.38. The number of nitrogens with two attached hydrogens (primary N) is 1. The maximum atomic E-state index is 14.0. The van der Waals surface area contributed by atoms with E-state index in [-0.39, 0.29) is 36.8 Å². The van der Waals surface area contributed by atoms with Crippen LogP contribution >= 0.6 is 24.8 Å². The summed E-state index contributed by atoms with van der Waals surface area (Å²) in [4.78, 5) is 16.4. The summed E-state index contributed by atoms with van der Waals surface area (Å²) < 4.78 is 27.1. The zero-order chi connectivity index (χ0) is 18.0.